The van der Waals surface area contributed by atoms with Gasteiger partial charge in [0.2, 0.25) is 5.91 Å². The van der Waals surface area contributed by atoms with Crippen LogP contribution in [0.25, 0.3) is 0 Å². The minimum atomic E-state index is -0.445. The SMILES string of the molecule is CS1(C)CCN(C(=O)CCN=C(N)N)CC1. The third kappa shape index (κ3) is 4.30. The van der Waals surface area contributed by atoms with E-state index in [0.717, 1.165) is 24.6 Å². The Labute approximate surface area is 98.6 Å². The second-order valence-corrected chi connectivity index (χ2v) is 8.96. The fourth-order valence-electron chi connectivity index (χ4n) is 1.62. The molecule has 0 aromatic carbocycles. The van der Waals surface area contributed by atoms with Crippen molar-refractivity contribution in [3.63, 3.8) is 0 Å². The van der Waals surface area contributed by atoms with Crippen molar-refractivity contribution in [1.29, 1.82) is 0 Å². The molecule has 94 valence electrons. The Balaban J connectivity index is 2.31. The van der Waals surface area contributed by atoms with Gasteiger partial charge in [-0.15, -0.1) is 0 Å². The predicted octanol–water partition coefficient (Wildman–Crippen LogP) is -0.444. The van der Waals surface area contributed by atoms with Crippen molar-refractivity contribution >= 4 is 21.9 Å². The zero-order chi connectivity index (χ0) is 12.2. The highest BCUT2D eigenvalue weighted by molar-refractivity contribution is 8.32. The Hall–Kier alpha value is -0.910. The number of aliphatic imine (C=N–C) groups is 1. The third-order valence-corrected chi connectivity index (χ3v) is 5.38. The van der Waals surface area contributed by atoms with Crippen molar-refractivity contribution in [3.05, 3.63) is 0 Å². The quantitative estimate of drug-likeness (QED) is 0.523. The molecule has 0 radical (unpaired) electrons. The molecule has 0 spiro atoms. The standard InChI is InChI=1S/C10H22N4OS/c1-16(2)7-5-14(6-8-16)9(15)3-4-13-10(11)12/h3-8H2,1-2H3,(H4,11,12,13). The fraction of sp³-hybridized carbons (Fsp3) is 0.800. The number of nitrogens with zero attached hydrogens (tertiary/aromatic N) is 2. The number of hydrogen-bond donors (Lipinski definition) is 2. The van der Waals surface area contributed by atoms with Crippen molar-refractivity contribution in [2.75, 3.05) is 43.7 Å². The number of carbonyl (C=O) groups is 1. The van der Waals surface area contributed by atoms with E-state index in [4.69, 9.17) is 11.5 Å². The maximum atomic E-state index is 11.8. The number of nitrogens with two attached hydrogens (primary N) is 2. The molecule has 0 unspecified atom stereocenters. The summed E-state index contributed by atoms with van der Waals surface area (Å²) < 4.78 is 0. The first-order valence-electron chi connectivity index (χ1n) is 5.42. The molecule has 1 amide bonds. The number of rotatable bonds is 3. The summed E-state index contributed by atoms with van der Waals surface area (Å²) in [5.41, 5.74) is 10.4. The molecule has 1 saturated heterocycles. The highest BCUT2D eigenvalue weighted by Gasteiger charge is 2.23. The van der Waals surface area contributed by atoms with Crippen LogP contribution >= 0.6 is 10.0 Å². The van der Waals surface area contributed by atoms with Crippen LogP contribution < -0.4 is 11.5 Å². The predicted molar refractivity (Wildman–Crippen MR) is 71.0 cm³/mol. The Morgan fingerprint density at radius 1 is 1.31 bits per heavy atom. The Bertz CT molecular complexity index is 277. The van der Waals surface area contributed by atoms with Crippen LogP contribution in [-0.2, 0) is 4.79 Å². The van der Waals surface area contributed by atoms with Gasteiger partial charge in [-0.05, 0) is 24.0 Å². The van der Waals surface area contributed by atoms with Crippen LogP contribution in [0.3, 0.4) is 0 Å². The normalized spacial score (nSPS) is 21.2. The minimum Gasteiger partial charge on any atom is -0.370 e. The summed E-state index contributed by atoms with van der Waals surface area (Å²) in [5.74, 6) is 2.53. The highest BCUT2D eigenvalue weighted by Crippen LogP contribution is 2.41. The van der Waals surface area contributed by atoms with E-state index in [9.17, 15) is 4.79 Å². The van der Waals surface area contributed by atoms with E-state index in [1.165, 1.54) is 0 Å². The second-order valence-electron chi connectivity index (χ2n) is 4.61. The van der Waals surface area contributed by atoms with Crippen molar-refractivity contribution in [3.8, 4) is 0 Å². The molecule has 16 heavy (non-hydrogen) atoms. The summed E-state index contributed by atoms with van der Waals surface area (Å²) in [4.78, 5) is 17.5. The molecule has 1 heterocycles. The minimum absolute atomic E-state index is 0.0528. The lowest BCUT2D eigenvalue weighted by Crippen LogP contribution is -2.42. The monoisotopic (exact) mass is 246 g/mol. The van der Waals surface area contributed by atoms with E-state index in [1.54, 1.807) is 0 Å². The van der Waals surface area contributed by atoms with Crippen LogP contribution in [-0.4, -0.2) is 60.4 Å². The van der Waals surface area contributed by atoms with E-state index in [-0.39, 0.29) is 11.9 Å². The summed E-state index contributed by atoms with van der Waals surface area (Å²) in [5, 5.41) is 0. The van der Waals surface area contributed by atoms with Gasteiger partial charge in [0.25, 0.3) is 0 Å². The lowest BCUT2D eigenvalue weighted by molar-refractivity contribution is -0.130. The lowest BCUT2D eigenvalue weighted by atomic mass is 10.3. The van der Waals surface area contributed by atoms with Gasteiger partial charge in [-0.2, -0.15) is 0 Å². The lowest BCUT2D eigenvalue weighted by Gasteiger charge is -2.40. The van der Waals surface area contributed by atoms with Gasteiger partial charge in [0.05, 0.1) is 6.54 Å². The zero-order valence-electron chi connectivity index (χ0n) is 10.1. The van der Waals surface area contributed by atoms with Gasteiger partial charge in [0, 0.05) is 19.5 Å². The maximum absolute atomic E-state index is 11.8. The first kappa shape index (κ1) is 13.2. The highest BCUT2D eigenvalue weighted by atomic mass is 32.3. The summed E-state index contributed by atoms with van der Waals surface area (Å²) in [6, 6.07) is 0. The van der Waals surface area contributed by atoms with Gasteiger partial charge in [-0.1, -0.05) is 0 Å². The molecule has 1 aliphatic heterocycles. The van der Waals surface area contributed by atoms with Gasteiger partial charge in [-0.3, -0.25) is 9.79 Å². The molecule has 0 saturated carbocycles. The average Bonchev–Trinajstić information content (AvgIpc) is 2.16. The Morgan fingerprint density at radius 2 is 1.88 bits per heavy atom. The van der Waals surface area contributed by atoms with Crippen LogP contribution in [0.2, 0.25) is 0 Å². The molecule has 5 nitrogen and oxygen atoms in total. The summed E-state index contributed by atoms with van der Waals surface area (Å²) in [7, 11) is -0.445. The molecule has 6 heteroatoms. The van der Waals surface area contributed by atoms with E-state index in [0.29, 0.717) is 13.0 Å². The van der Waals surface area contributed by atoms with Crippen LogP contribution in [0.4, 0.5) is 0 Å². The topological polar surface area (TPSA) is 84.7 Å². The number of guanidine groups is 1. The van der Waals surface area contributed by atoms with Gasteiger partial charge in [-0.25, -0.2) is 10.0 Å². The van der Waals surface area contributed by atoms with Crippen LogP contribution in [0, 0.1) is 0 Å². The molecule has 1 rings (SSSR count). The molecule has 1 fully saturated rings. The molecule has 4 N–H and O–H groups in total. The fourth-order valence-corrected chi connectivity index (χ4v) is 3.25. The van der Waals surface area contributed by atoms with Crippen molar-refractivity contribution in [2.24, 2.45) is 16.5 Å². The molecular weight excluding hydrogens is 224 g/mol. The van der Waals surface area contributed by atoms with Gasteiger partial charge in [0.1, 0.15) is 0 Å². The van der Waals surface area contributed by atoms with Gasteiger partial charge in [0.15, 0.2) is 5.96 Å². The maximum Gasteiger partial charge on any atom is 0.224 e. The molecule has 0 aromatic rings. The average molecular weight is 246 g/mol. The molecule has 0 bridgehead atoms. The molecule has 0 aromatic heterocycles. The first-order valence-corrected chi connectivity index (χ1v) is 8.21. The van der Waals surface area contributed by atoms with E-state index in [1.807, 2.05) is 4.90 Å². The number of carbonyl (C=O) groups excluding carboxylic acids is 1. The summed E-state index contributed by atoms with van der Waals surface area (Å²) >= 11 is 0. The second kappa shape index (κ2) is 5.43. The van der Waals surface area contributed by atoms with Crippen LogP contribution in [0.5, 0.6) is 0 Å². The third-order valence-electron chi connectivity index (χ3n) is 2.80. The van der Waals surface area contributed by atoms with Crippen LogP contribution in [0.15, 0.2) is 4.99 Å². The summed E-state index contributed by atoms with van der Waals surface area (Å²) in [6.07, 6.45) is 5.07. The molecule has 1 aliphatic rings. The van der Waals surface area contributed by atoms with Crippen molar-refractivity contribution in [2.45, 2.75) is 6.42 Å². The van der Waals surface area contributed by atoms with E-state index in [2.05, 4.69) is 17.5 Å². The van der Waals surface area contributed by atoms with Crippen LogP contribution in [0.1, 0.15) is 6.42 Å². The van der Waals surface area contributed by atoms with Crippen molar-refractivity contribution in [1.82, 2.24) is 4.90 Å². The smallest absolute Gasteiger partial charge is 0.224 e. The molecule has 0 atom stereocenters. The molecule has 0 aliphatic carbocycles. The zero-order valence-corrected chi connectivity index (χ0v) is 10.9. The number of hydrogen-bond acceptors (Lipinski definition) is 2. The van der Waals surface area contributed by atoms with Crippen molar-refractivity contribution < 1.29 is 4.79 Å². The van der Waals surface area contributed by atoms with Gasteiger partial charge >= 0.3 is 0 Å². The van der Waals surface area contributed by atoms with Gasteiger partial charge < -0.3 is 16.4 Å². The first-order chi connectivity index (χ1) is 7.41. The summed E-state index contributed by atoms with van der Waals surface area (Å²) in [6.45, 7) is 2.18. The van der Waals surface area contributed by atoms with E-state index >= 15 is 0 Å². The Morgan fingerprint density at radius 3 is 2.38 bits per heavy atom. The number of amides is 1. The molecular formula is C10H22N4OS. The largest absolute Gasteiger partial charge is 0.370 e. The Kier molecular flexibility index (Phi) is 4.46. The van der Waals surface area contributed by atoms with E-state index < -0.39 is 10.0 Å².